The van der Waals surface area contributed by atoms with E-state index in [9.17, 15) is 14.4 Å². The van der Waals surface area contributed by atoms with Crippen molar-refractivity contribution in [2.45, 2.75) is 39.3 Å². The van der Waals surface area contributed by atoms with Crippen LogP contribution in [-0.2, 0) is 38.1 Å². The van der Waals surface area contributed by atoms with Gasteiger partial charge < -0.3 is 23.7 Å². The Morgan fingerprint density at radius 3 is 2.05 bits per heavy atom. The molecule has 0 N–H and O–H groups in total. The molecule has 0 radical (unpaired) electrons. The van der Waals surface area contributed by atoms with Crippen molar-refractivity contribution in [2.75, 3.05) is 20.3 Å². The summed E-state index contributed by atoms with van der Waals surface area (Å²) in [6, 6.07) is 0. The molecule has 8 nitrogen and oxygen atoms in total. The lowest BCUT2D eigenvalue weighted by Crippen LogP contribution is -2.38. The summed E-state index contributed by atoms with van der Waals surface area (Å²) >= 11 is 0. The second-order valence-electron chi connectivity index (χ2n) is 4.65. The molecule has 8 heteroatoms. The van der Waals surface area contributed by atoms with Gasteiger partial charge in [-0.2, -0.15) is 0 Å². The van der Waals surface area contributed by atoms with E-state index in [0.29, 0.717) is 0 Å². The smallest absolute Gasteiger partial charge is 0.305 e. The summed E-state index contributed by atoms with van der Waals surface area (Å²) in [6.45, 7) is 3.88. The third-order valence-electron chi connectivity index (χ3n) is 2.87. The van der Waals surface area contributed by atoms with E-state index in [1.807, 2.05) is 0 Å². The molecule has 4 atom stereocenters. The number of methoxy groups -OCH3 is 1. The molecule has 0 bridgehead atoms. The maximum Gasteiger partial charge on any atom is 0.305 e. The van der Waals surface area contributed by atoms with Crippen LogP contribution in [0.3, 0.4) is 0 Å². The summed E-state index contributed by atoms with van der Waals surface area (Å²) in [7, 11) is 1.48. The molecule has 0 aromatic rings. The minimum atomic E-state index is -1.05. The van der Waals surface area contributed by atoms with Crippen molar-refractivity contribution in [1.29, 1.82) is 0 Å². The molecular formula is C13H20O8. The van der Waals surface area contributed by atoms with Crippen LogP contribution < -0.4 is 0 Å². The van der Waals surface area contributed by atoms with Crippen LogP contribution in [0, 0.1) is 5.92 Å². The first-order valence-corrected chi connectivity index (χ1v) is 6.47. The first-order valence-electron chi connectivity index (χ1n) is 6.47. The van der Waals surface area contributed by atoms with Crippen molar-refractivity contribution >= 4 is 17.9 Å². The SMILES string of the molecule is COC[C@H]1OC(OC(C)=O)[C@H](OC(C)=O)[C@@H]1COC(C)=O. The molecule has 120 valence electrons. The Labute approximate surface area is 122 Å². The van der Waals surface area contributed by atoms with E-state index in [1.165, 1.54) is 27.9 Å². The van der Waals surface area contributed by atoms with Gasteiger partial charge in [-0.1, -0.05) is 0 Å². The number of rotatable bonds is 6. The average Bonchev–Trinajstić information content (AvgIpc) is 2.63. The zero-order valence-corrected chi connectivity index (χ0v) is 12.5. The highest BCUT2D eigenvalue weighted by Gasteiger charge is 2.49. The third kappa shape index (κ3) is 5.31. The van der Waals surface area contributed by atoms with Gasteiger partial charge in [0.2, 0.25) is 6.29 Å². The molecule has 21 heavy (non-hydrogen) atoms. The highest BCUT2D eigenvalue weighted by Crippen LogP contribution is 2.31. The summed E-state index contributed by atoms with van der Waals surface area (Å²) in [5, 5.41) is 0. The average molecular weight is 304 g/mol. The predicted octanol–water partition coefficient (Wildman–Crippen LogP) is 0.0318. The maximum atomic E-state index is 11.2. The van der Waals surface area contributed by atoms with Gasteiger partial charge in [0.1, 0.15) is 6.61 Å². The minimum Gasteiger partial charge on any atom is -0.465 e. The van der Waals surface area contributed by atoms with Crippen molar-refractivity contribution < 1.29 is 38.1 Å². The fraction of sp³-hybridized carbons (Fsp3) is 0.769. The van der Waals surface area contributed by atoms with E-state index < -0.39 is 42.3 Å². The van der Waals surface area contributed by atoms with Gasteiger partial charge in [-0.05, 0) is 0 Å². The zero-order chi connectivity index (χ0) is 16.0. The number of hydrogen-bond donors (Lipinski definition) is 0. The molecule has 1 rings (SSSR count). The molecule has 1 fully saturated rings. The summed E-state index contributed by atoms with van der Waals surface area (Å²) in [6.07, 6.45) is -2.43. The highest BCUT2D eigenvalue weighted by molar-refractivity contribution is 5.67. The number of carbonyl (C=O) groups excluding carboxylic acids is 3. The Kier molecular flexibility index (Phi) is 6.57. The van der Waals surface area contributed by atoms with Crippen molar-refractivity contribution in [3.63, 3.8) is 0 Å². The molecule has 1 aliphatic rings. The van der Waals surface area contributed by atoms with Crippen LogP contribution in [0.5, 0.6) is 0 Å². The number of esters is 3. The summed E-state index contributed by atoms with van der Waals surface area (Å²) in [5.41, 5.74) is 0. The van der Waals surface area contributed by atoms with Gasteiger partial charge in [-0.15, -0.1) is 0 Å². The zero-order valence-electron chi connectivity index (χ0n) is 12.5. The monoisotopic (exact) mass is 304 g/mol. The van der Waals surface area contributed by atoms with Crippen molar-refractivity contribution in [2.24, 2.45) is 5.92 Å². The Morgan fingerprint density at radius 2 is 1.57 bits per heavy atom. The molecule has 0 amide bonds. The highest BCUT2D eigenvalue weighted by atomic mass is 16.7. The second-order valence-corrected chi connectivity index (χ2v) is 4.65. The van der Waals surface area contributed by atoms with Crippen LogP contribution in [0.4, 0.5) is 0 Å². The standard InChI is InChI=1S/C13H20O8/c1-7(14)18-5-10-11(6-17-4)21-13(20-9(3)16)12(10)19-8(2)15/h10-13H,5-6H2,1-4H3/t10-,11-,12-,13?/m1/s1. The van der Waals surface area contributed by atoms with Crippen LogP contribution in [0.2, 0.25) is 0 Å². The summed E-state index contributed by atoms with van der Waals surface area (Å²) in [4.78, 5) is 33.3. The molecule has 0 spiro atoms. The Morgan fingerprint density at radius 1 is 0.952 bits per heavy atom. The largest absolute Gasteiger partial charge is 0.465 e. The minimum absolute atomic E-state index is 0.0287. The molecule has 0 saturated carbocycles. The fourth-order valence-corrected chi connectivity index (χ4v) is 2.10. The second kappa shape index (κ2) is 7.94. The van der Waals surface area contributed by atoms with Gasteiger partial charge in [0, 0.05) is 27.9 Å². The van der Waals surface area contributed by atoms with Crippen molar-refractivity contribution in [3.8, 4) is 0 Å². The number of ether oxygens (including phenoxy) is 5. The van der Waals surface area contributed by atoms with Crippen LogP contribution in [-0.4, -0.2) is 56.7 Å². The molecular weight excluding hydrogens is 284 g/mol. The van der Waals surface area contributed by atoms with E-state index in [-0.39, 0.29) is 13.2 Å². The van der Waals surface area contributed by atoms with Gasteiger partial charge in [0.05, 0.1) is 18.6 Å². The van der Waals surface area contributed by atoms with E-state index in [0.717, 1.165) is 0 Å². The van der Waals surface area contributed by atoms with Crippen LogP contribution >= 0.6 is 0 Å². The van der Waals surface area contributed by atoms with Crippen LogP contribution in [0.25, 0.3) is 0 Å². The molecule has 1 saturated heterocycles. The number of carbonyl (C=O) groups is 3. The van der Waals surface area contributed by atoms with E-state index in [4.69, 9.17) is 23.7 Å². The predicted molar refractivity (Wildman–Crippen MR) is 68.0 cm³/mol. The van der Waals surface area contributed by atoms with Crippen LogP contribution in [0.1, 0.15) is 20.8 Å². The number of hydrogen-bond acceptors (Lipinski definition) is 8. The lowest BCUT2D eigenvalue weighted by molar-refractivity contribution is -0.196. The Balaban J connectivity index is 2.88. The first-order chi connectivity index (χ1) is 9.85. The fourth-order valence-electron chi connectivity index (χ4n) is 2.10. The molecule has 1 heterocycles. The lowest BCUT2D eigenvalue weighted by atomic mass is 9.99. The molecule has 1 unspecified atom stereocenters. The Bertz CT molecular complexity index is 394. The van der Waals surface area contributed by atoms with E-state index in [1.54, 1.807) is 0 Å². The molecule has 0 aliphatic carbocycles. The summed E-state index contributed by atoms with van der Waals surface area (Å²) < 4.78 is 25.7. The van der Waals surface area contributed by atoms with Crippen molar-refractivity contribution in [1.82, 2.24) is 0 Å². The first kappa shape index (κ1) is 17.4. The normalized spacial score (nSPS) is 28.0. The maximum absolute atomic E-state index is 11.2. The lowest BCUT2D eigenvalue weighted by Gasteiger charge is -2.22. The quantitative estimate of drug-likeness (QED) is 0.501. The van der Waals surface area contributed by atoms with Crippen molar-refractivity contribution in [3.05, 3.63) is 0 Å². The van der Waals surface area contributed by atoms with Gasteiger partial charge in [0.15, 0.2) is 6.10 Å². The molecule has 0 aromatic carbocycles. The van der Waals surface area contributed by atoms with Gasteiger partial charge >= 0.3 is 17.9 Å². The van der Waals surface area contributed by atoms with E-state index >= 15 is 0 Å². The topological polar surface area (TPSA) is 97.4 Å². The summed E-state index contributed by atoms with van der Waals surface area (Å²) in [5.74, 6) is -2.07. The third-order valence-corrected chi connectivity index (χ3v) is 2.87. The Hall–Kier alpha value is -1.67. The molecule has 0 aromatic heterocycles. The van der Waals surface area contributed by atoms with Gasteiger partial charge in [0.25, 0.3) is 0 Å². The van der Waals surface area contributed by atoms with E-state index in [2.05, 4.69) is 0 Å². The van der Waals surface area contributed by atoms with Gasteiger partial charge in [-0.3, -0.25) is 14.4 Å². The van der Waals surface area contributed by atoms with Crippen LogP contribution in [0.15, 0.2) is 0 Å². The molecule has 1 aliphatic heterocycles. The van der Waals surface area contributed by atoms with Gasteiger partial charge in [-0.25, -0.2) is 0 Å².